The molecule has 98 valence electrons. The van der Waals surface area contributed by atoms with Gasteiger partial charge in [-0.1, -0.05) is 30.3 Å². The summed E-state index contributed by atoms with van der Waals surface area (Å²) in [7, 11) is 0. The minimum absolute atomic E-state index is 0.127. The molecule has 0 radical (unpaired) electrons. The third-order valence-corrected chi connectivity index (χ3v) is 3.27. The number of amides is 1. The molecular weight excluding hydrogens is 232 g/mol. The molecule has 0 spiro atoms. The first kappa shape index (κ1) is 12.9. The number of hydrogen-bond donors (Lipinski definition) is 2. The number of nitrogens with zero attached hydrogens (tertiary/aromatic N) is 2. The Hall–Kier alpha value is -1.59. The lowest BCUT2D eigenvalue weighted by molar-refractivity contribution is 0.0387. The number of hydrogen-bond acceptors (Lipinski definition) is 3. The Morgan fingerprint density at radius 3 is 2.61 bits per heavy atom. The van der Waals surface area contributed by atoms with E-state index in [0.717, 1.165) is 6.54 Å². The summed E-state index contributed by atoms with van der Waals surface area (Å²) in [5, 5.41) is 18.3. The highest BCUT2D eigenvalue weighted by Gasteiger charge is 2.29. The van der Waals surface area contributed by atoms with E-state index in [-0.39, 0.29) is 12.6 Å². The number of piperazine rings is 1. The van der Waals surface area contributed by atoms with Crippen molar-refractivity contribution in [3.05, 3.63) is 35.9 Å². The van der Waals surface area contributed by atoms with Crippen LogP contribution in [-0.2, 0) is 6.54 Å². The van der Waals surface area contributed by atoms with E-state index in [9.17, 15) is 9.90 Å². The van der Waals surface area contributed by atoms with Crippen molar-refractivity contribution < 1.29 is 15.0 Å². The van der Waals surface area contributed by atoms with Gasteiger partial charge in [0.05, 0.1) is 12.6 Å². The average molecular weight is 250 g/mol. The SMILES string of the molecule is O=C(O)N1CCN(Cc2ccccc2)C[C@@H]1CO. The number of aliphatic hydroxyl groups is 1. The summed E-state index contributed by atoms with van der Waals surface area (Å²) < 4.78 is 0. The molecule has 5 nitrogen and oxygen atoms in total. The number of benzene rings is 1. The van der Waals surface area contributed by atoms with Gasteiger partial charge in [-0.3, -0.25) is 4.90 Å². The molecule has 1 aliphatic rings. The summed E-state index contributed by atoms with van der Waals surface area (Å²) >= 11 is 0. The van der Waals surface area contributed by atoms with Crippen molar-refractivity contribution in [3.63, 3.8) is 0 Å². The number of rotatable bonds is 3. The van der Waals surface area contributed by atoms with Gasteiger partial charge in [0.15, 0.2) is 0 Å². The van der Waals surface area contributed by atoms with Gasteiger partial charge in [-0.15, -0.1) is 0 Å². The van der Waals surface area contributed by atoms with Gasteiger partial charge in [0.1, 0.15) is 0 Å². The fraction of sp³-hybridized carbons (Fsp3) is 0.462. The van der Waals surface area contributed by atoms with Crippen molar-refractivity contribution >= 4 is 6.09 Å². The van der Waals surface area contributed by atoms with Crippen LogP contribution in [0.4, 0.5) is 4.79 Å². The minimum atomic E-state index is -0.951. The van der Waals surface area contributed by atoms with Crippen LogP contribution < -0.4 is 0 Å². The van der Waals surface area contributed by atoms with Crippen molar-refractivity contribution in [3.8, 4) is 0 Å². The normalized spacial score (nSPS) is 20.9. The van der Waals surface area contributed by atoms with Crippen molar-refractivity contribution in [2.75, 3.05) is 26.2 Å². The van der Waals surface area contributed by atoms with E-state index in [0.29, 0.717) is 19.6 Å². The van der Waals surface area contributed by atoms with Crippen LogP contribution >= 0.6 is 0 Å². The fourth-order valence-electron chi connectivity index (χ4n) is 2.31. The summed E-state index contributed by atoms with van der Waals surface area (Å²) in [6, 6.07) is 9.75. The summed E-state index contributed by atoms with van der Waals surface area (Å²) in [6.45, 7) is 2.41. The maximum absolute atomic E-state index is 11.0. The molecule has 0 aliphatic carbocycles. The Morgan fingerprint density at radius 1 is 1.28 bits per heavy atom. The number of carboxylic acid groups (broad SMARTS) is 1. The molecule has 0 bridgehead atoms. The lowest BCUT2D eigenvalue weighted by Gasteiger charge is -2.39. The first-order chi connectivity index (χ1) is 8.70. The molecule has 1 fully saturated rings. The van der Waals surface area contributed by atoms with E-state index in [1.807, 2.05) is 18.2 Å². The molecule has 1 amide bonds. The highest BCUT2D eigenvalue weighted by molar-refractivity contribution is 5.65. The van der Waals surface area contributed by atoms with E-state index >= 15 is 0 Å². The Bertz CT molecular complexity index is 396. The van der Waals surface area contributed by atoms with Crippen LogP contribution in [0.15, 0.2) is 30.3 Å². The van der Waals surface area contributed by atoms with Crippen LogP contribution in [0.2, 0.25) is 0 Å². The van der Waals surface area contributed by atoms with Crippen molar-refractivity contribution in [2.24, 2.45) is 0 Å². The average Bonchev–Trinajstić information content (AvgIpc) is 2.39. The smallest absolute Gasteiger partial charge is 0.407 e. The van der Waals surface area contributed by atoms with Crippen LogP contribution in [0.1, 0.15) is 5.56 Å². The topological polar surface area (TPSA) is 64.0 Å². The Morgan fingerprint density at radius 2 is 2.00 bits per heavy atom. The van der Waals surface area contributed by atoms with Gasteiger partial charge in [0, 0.05) is 26.2 Å². The van der Waals surface area contributed by atoms with Crippen LogP contribution in [0, 0.1) is 0 Å². The zero-order chi connectivity index (χ0) is 13.0. The Balaban J connectivity index is 1.95. The van der Waals surface area contributed by atoms with Gasteiger partial charge in [0.2, 0.25) is 0 Å². The standard InChI is InChI=1S/C13H18N2O3/c16-10-12-9-14(6-7-15(12)13(17)18)8-11-4-2-1-3-5-11/h1-5,12,16H,6-10H2,(H,17,18)/t12-/m1/s1. The summed E-state index contributed by atoms with van der Waals surface area (Å²) in [4.78, 5) is 14.5. The molecule has 18 heavy (non-hydrogen) atoms. The first-order valence-electron chi connectivity index (χ1n) is 6.07. The van der Waals surface area contributed by atoms with Crippen LogP contribution in [0.25, 0.3) is 0 Å². The summed E-state index contributed by atoms with van der Waals surface area (Å²) in [6.07, 6.45) is -0.951. The Kier molecular flexibility index (Phi) is 4.17. The molecule has 1 aromatic rings. The maximum atomic E-state index is 11.0. The largest absolute Gasteiger partial charge is 0.465 e. The molecule has 5 heteroatoms. The van der Waals surface area contributed by atoms with E-state index in [2.05, 4.69) is 17.0 Å². The highest BCUT2D eigenvalue weighted by atomic mass is 16.4. The van der Waals surface area contributed by atoms with Gasteiger partial charge in [-0.25, -0.2) is 4.79 Å². The molecule has 0 unspecified atom stereocenters. The summed E-state index contributed by atoms with van der Waals surface area (Å²) in [5.41, 5.74) is 1.21. The van der Waals surface area contributed by atoms with Crippen LogP contribution in [-0.4, -0.2) is 58.4 Å². The highest BCUT2D eigenvalue weighted by Crippen LogP contribution is 2.13. The molecule has 0 saturated carbocycles. The second-order valence-electron chi connectivity index (χ2n) is 4.53. The molecule has 2 rings (SSSR count). The van der Waals surface area contributed by atoms with Gasteiger partial charge in [0.25, 0.3) is 0 Å². The maximum Gasteiger partial charge on any atom is 0.407 e. The molecular formula is C13H18N2O3. The molecule has 1 aliphatic heterocycles. The molecule has 1 heterocycles. The van der Waals surface area contributed by atoms with E-state index in [4.69, 9.17) is 5.11 Å². The molecule has 2 N–H and O–H groups in total. The van der Waals surface area contributed by atoms with Gasteiger partial charge in [-0.05, 0) is 5.56 Å². The molecule has 0 aromatic heterocycles. The monoisotopic (exact) mass is 250 g/mol. The zero-order valence-corrected chi connectivity index (χ0v) is 10.2. The fourth-order valence-corrected chi connectivity index (χ4v) is 2.31. The second kappa shape index (κ2) is 5.84. The lowest BCUT2D eigenvalue weighted by Crippen LogP contribution is -2.55. The molecule has 1 atom stereocenters. The third-order valence-electron chi connectivity index (χ3n) is 3.27. The second-order valence-corrected chi connectivity index (χ2v) is 4.53. The number of aliphatic hydroxyl groups excluding tert-OH is 1. The Labute approximate surface area is 106 Å². The van der Waals surface area contributed by atoms with Crippen molar-refractivity contribution in [1.82, 2.24) is 9.80 Å². The van der Waals surface area contributed by atoms with Gasteiger partial charge in [-0.2, -0.15) is 0 Å². The van der Waals surface area contributed by atoms with Gasteiger partial charge < -0.3 is 15.1 Å². The first-order valence-corrected chi connectivity index (χ1v) is 6.07. The number of carbonyl (C=O) groups is 1. The van der Waals surface area contributed by atoms with Crippen LogP contribution in [0.3, 0.4) is 0 Å². The van der Waals surface area contributed by atoms with E-state index < -0.39 is 6.09 Å². The molecule has 1 aromatic carbocycles. The third kappa shape index (κ3) is 3.00. The zero-order valence-electron chi connectivity index (χ0n) is 10.2. The quantitative estimate of drug-likeness (QED) is 0.834. The van der Waals surface area contributed by atoms with E-state index in [1.54, 1.807) is 0 Å². The predicted octanol–water partition coefficient (Wildman–Crippen LogP) is 0.843. The molecule has 1 saturated heterocycles. The van der Waals surface area contributed by atoms with Crippen molar-refractivity contribution in [1.29, 1.82) is 0 Å². The van der Waals surface area contributed by atoms with Gasteiger partial charge >= 0.3 is 6.09 Å². The van der Waals surface area contributed by atoms with Crippen LogP contribution in [0.5, 0.6) is 0 Å². The summed E-state index contributed by atoms with van der Waals surface area (Å²) in [5.74, 6) is 0. The minimum Gasteiger partial charge on any atom is -0.465 e. The lowest BCUT2D eigenvalue weighted by atomic mass is 10.1. The predicted molar refractivity (Wildman–Crippen MR) is 67.3 cm³/mol. The van der Waals surface area contributed by atoms with E-state index in [1.165, 1.54) is 10.5 Å². The van der Waals surface area contributed by atoms with Crippen molar-refractivity contribution in [2.45, 2.75) is 12.6 Å².